The summed E-state index contributed by atoms with van der Waals surface area (Å²) < 4.78 is 6.93. The number of rotatable bonds is 5. The molecule has 3 aromatic rings. The lowest BCUT2D eigenvalue weighted by molar-refractivity contribution is -0.686. The first-order chi connectivity index (χ1) is 11.3. The molecule has 0 fully saturated rings. The Morgan fingerprint density at radius 3 is 2.39 bits per heavy atom. The molecule has 3 rings (SSSR count). The molecule has 0 saturated carbocycles. The van der Waals surface area contributed by atoms with Gasteiger partial charge in [-0.15, -0.1) is 0 Å². The molecule has 0 radical (unpaired) electrons. The third kappa shape index (κ3) is 3.61. The maximum atomic E-state index is 12.2. The van der Waals surface area contributed by atoms with Crippen molar-refractivity contribution in [3.63, 3.8) is 0 Å². The van der Waals surface area contributed by atoms with E-state index in [1.807, 2.05) is 66.9 Å². The zero-order chi connectivity index (χ0) is 16.1. The molecule has 2 aromatic carbocycles. The summed E-state index contributed by atoms with van der Waals surface area (Å²) in [5.41, 5.74) is 2.57. The normalized spacial score (nSPS) is 10.3. The van der Waals surface area contributed by atoms with Crippen LogP contribution >= 0.6 is 0 Å². The van der Waals surface area contributed by atoms with E-state index in [0.717, 1.165) is 17.0 Å². The maximum absolute atomic E-state index is 12.2. The molecule has 114 valence electrons. The Kier molecular flexibility index (Phi) is 4.43. The van der Waals surface area contributed by atoms with Crippen LogP contribution < -0.4 is 9.30 Å². The first kappa shape index (κ1) is 14.9. The molecule has 0 aliphatic heterocycles. The summed E-state index contributed by atoms with van der Waals surface area (Å²) in [5.74, 6) is 0.878. The van der Waals surface area contributed by atoms with E-state index < -0.39 is 0 Å². The van der Waals surface area contributed by atoms with E-state index >= 15 is 0 Å². The molecule has 0 unspecified atom stereocenters. The van der Waals surface area contributed by atoms with E-state index in [1.54, 1.807) is 18.0 Å². The van der Waals surface area contributed by atoms with Gasteiger partial charge in [-0.2, -0.15) is 0 Å². The van der Waals surface area contributed by atoms with Gasteiger partial charge in [-0.3, -0.25) is 4.79 Å². The van der Waals surface area contributed by atoms with E-state index in [4.69, 9.17) is 4.74 Å². The fraction of sp³-hybridized carbons (Fsp3) is 0.105. The van der Waals surface area contributed by atoms with E-state index in [1.165, 1.54) is 0 Å². The highest BCUT2D eigenvalue weighted by atomic mass is 16.5. The smallest absolute Gasteiger partial charge is 0.287 e. The molecular weight excluding hydrogens is 288 g/mol. The predicted octanol–water partition coefficient (Wildman–Crippen LogP) is 2.93. The monoisotopic (exact) mass is 305 g/mol. The SMILES string of the molecule is COc1ccc(-c2cc[n+](CC(=O)c3ccccc3)cn2)cc1. The number of methoxy groups -OCH3 is 1. The molecule has 4 nitrogen and oxygen atoms in total. The van der Waals surface area contributed by atoms with Crippen molar-refractivity contribution in [3.8, 4) is 17.0 Å². The van der Waals surface area contributed by atoms with Crippen molar-refractivity contribution in [2.45, 2.75) is 6.54 Å². The molecule has 0 amide bonds. The van der Waals surface area contributed by atoms with Gasteiger partial charge < -0.3 is 4.74 Å². The van der Waals surface area contributed by atoms with E-state index in [-0.39, 0.29) is 12.3 Å². The fourth-order valence-electron chi connectivity index (χ4n) is 2.29. The van der Waals surface area contributed by atoms with Crippen molar-refractivity contribution in [1.29, 1.82) is 0 Å². The van der Waals surface area contributed by atoms with Crippen LogP contribution in [0.3, 0.4) is 0 Å². The van der Waals surface area contributed by atoms with Crippen molar-refractivity contribution in [3.05, 3.63) is 78.8 Å². The molecule has 0 bridgehead atoms. The van der Waals surface area contributed by atoms with Gasteiger partial charge in [0.1, 0.15) is 5.75 Å². The second-order valence-corrected chi connectivity index (χ2v) is 5.14. The molecule has 0 N–H and O–H groups in total. The molecular formula is C19H17N2O2+. The van der Waals surface area contributed by atoms with Crippen LogP contribution in [-0.2, 0) is 6.54 Å². The van der Waals surface area contributed by atoms with Gasteiger partial charge in [0.15, 0.2) is 12.2 Å². The van der Waals surface area contributed by atoms with Crippen LogP contribution in [0.15, 0.2) is 73.2 Å². The number of Topliss-reactive ketones (excluding diaryl/α,β-unsaturated/α-hetero) is 1. The average molecular weight is 305 g/mol. The molecule has 1 heterocycles. The van der Waals surface area contributed by atoms with Gasteiger partial charge in [0.25, 0.3) is 6.33 Å². The van der Waals surface area contributed by atoms with E-state index in [0.29, 0.717) is 5.56 Å². The summed E-state index contributed by atoms with van der Waals surface area (Å²) in [6, 6.07) is 18.9. The largest absolute Gasteiger partial charge is 0.497 e. The Morgan fingerprint density at radius 1 is 1.04 bits per heavy atom. The highest BCUT2D eigenvalue weighted by Crippen LogP contribution is 2.19. The Bertz CT molecular complexity index is 782. The number of ether oxygens (including phenoxy) is 1. The van der Waals surface area contributed by atoms with E-state index in [9.17, 15) is 4.79 Å². The van der Waals surface area contributed by atoms with Crippen molar-refractivity contribution in [1.82, 2.24) is 4.98 Å². The minimum Gasteiger partial charge on any atom is -0.497 e. The summed E-state index contributed by atoms with van der Waals surface area (Å²) in [7, 11) is 1.64. The number of hydrogen-bond acceptors (Lipinski definition) is 3. The number of aromatic nitrogens is 2. The van der Waals surface area contributed by atoms with Crippen molar-refractivity contribution in [2.75, 3.05) is 7.11 Å². The van der Waals surface area contributed by atoms with Gasteiger partial charge in [-0.1, -0.05) is 30.3 Å². The molecule has 23 heavy (non-hydrogen) atoms. The van der Waals surface area contributed by atoms with Gasteiger partial charge in [-0.05, 0) is 29.2 Å². The van der Waals surface area contributed by atoms with Gasteiger partial charge in [0.05, 0.1) is 13.3 Å². The Morgan fingerprint density at radius 2 is 1.78 bits per heavy atom. The highest BCUT2D eigenvalue weighted by molar-refractivity contribution is 5.94. The lowest BCUT2D eigenvalue weighted by Gasteiger charge is -2.02. The topological polar surface area (TPSA) is 43.1 Å². The van der Waals surface area contributed by atoms with Gasteiger partial charge >= 0.3 is 0 Å². The predicted molar refractivity (Wildman–Crippen MR) is 87.2 cm³/mol. The first-order valence-corrected chi connectivity index (χ1v) is 7.34. The zero-order valence-electron chi connectivity index (χ0n) is 12.8. The fourth-order valence-corrected chi connectivity index (χ4v) is 2.29. The molecule has 4 heteroatoms. The van der Waals surface area contributed by atoms with Crippen LogP contribution in [0.4, 0.5) is 0 Å². The Labute approximate surface area is 135 Å². The number of benzene rings is 2. The summed E-state index contributed by atoms with van der Waals surface area (Å²) >= 11 is 0. The minimum absolute atomic E-state index is 0.0644. The number of ketones is 1. The summed E-state index contributed by atoms with van der Waals surface area (Å²) in [6.45, 7) is 0.278. The molecule has 0 spiro atoms. The third-order valence-corrected chi connectivity index (χ3v) is 3.58. The molecule has 0 saturated heterocycles. The Balaban J connectivity index is 1.73. The van der Waals surface area contributed by atoms with Crippen LogP contribution in [0, 0.1) is 0 Å². The Hall–Kier alpha value is -3.01. The van der Waals surface area contributed by atoms with Gasteiger partial charge in [0.2, 0.25) is 5.78 Å². The van der Waals surface area contributed by atoms with Crippen LogP contribution in [0.1, 0.15) is 10.4 Å². The number of nitrogens with zero attached hydrogens (tertiary/aromatic N) is 2. The second kappa shape index (κ2) is 6.83. The van der Waals surface area contributed by atoms with Crippen LogP contribution in [-0.4, -0.2) is 17.9 Å². The molecule has 1 aromatic heterocycles. The van der Waals surface area contributed by atoms with Gasteiger partial charge in [0, 0.05) is 17.2 Å². The average Bonchev–Trinajstić information content (AvgIpc) is 2.63. The summed E-state index contributed by atoms with van der Waals surface area (Å²) in [6.07, 6.45) is 3.55. The third-order valence-electron chi connectivity index (χ3n) is 3.58. The summed E-state index contributed by atoms with van der Waals surface area (Å²) in [4.78, 5) is 16.6. The second-order valence-electron chi connectivity index (χ2n) is 5.14. The lowest BCUT2D eigenvalue weighted by Crippen LogP contribution is -2.37. The summed E-state index contributed by atoms with van der Waals surface area (Å²) in [5, 5.41) is 0. The maximum Gasteiger partial charge on any atom is 0.287 e. The minimum atomic E-state index is 0.0644. The van der Waals surface area contributed by atoms with Crippen molar-refractivity contribution in [2.24, 2.45) is 0 Å². The quantitative estimate of drug-likeness (QED) is 0.538. The van der Waals surface area contributed by atoms with Gasteiger partial charge in [-0.25, -0.2) is 4.57 Å². The van der Waals surface area contributed by atoms with E-state index in [2.05, 4.69) is 4.98 Å². The van der Waals surface area contributed by atoms with Crippen LogP contribution in [0.25, 0.3) is 11.3 Å². The number of carbonyl (C=O) groups is 1. The standard InChI is InChI=1S/C19H17N2O2/c1-23-17-9-7-15(8-10-17)18-11-12-21(14-20-18)13-19(22)16-5-3-2-4-6-16/h2-12,14H,13H2,1H3/q+1. The van der Waals surface area contributed by atoms with Crippen molar-refractivity contribution < 1.29 is 14.1 Å². The lowest BCUT2D eigenvalue weighted by atomic mass is 10.1. The molecule has 0 aliphatic carbocycles. The van der Waals surface area contributed by atoms with Crippen LogP contribution in [0.2, 0.25) is 0 Å². The number of hydrogen-bond donors (Lipinski definition) is 0. The van der Waals surface area contributed by atoms with Crippen LogP contribution in [0.5, 0.6) is 5.75 Å². The van der Waals surface area contributed by atoms with Crippen molar-refractivity contribution >= 4 is 5.78 Å². The zero-order valence-corrected chi connectivity index (χ0v) is 12.8. The molecule has 0 atom stereocenters. The first-order valence-electron chi connectivity index (χ1n) is 7.34. The number of carbonyl (C=O) groups excluding carboxylic acids is 1. The highest BCUT2D eigenvalue weighted by Gasteiger charge is 2.11. The molecule has 0 aliphatic rings.